The average molecular weight is 455 g/mol. The molecule has 1 aromatic heterocycles. The first-order chi connectivity index (χ1) is 13.5. The molecule has 3 aromatic rings. The number of fused-ring (bicyclic) bond motifs is 1. The number of carbonyl (C=O) groups excluding carboxylic acids is 2. The highest BCUT2D eigenvalue weighted by Gasteiger charge is 2.30. The van der Waals surface area contributed by atoms with Gasteiger partial charge in [-0.05, 0) is 54.3 Å². The van der Waals surface area contributed by atoms with Crippen LogP contribution in [0.25, 0.3) is 6.08 Å². The molecule has 2 heterocycles. The van der Waals surface area contributed by atoms with Crippen LogP contribution < -0.4 is 9.47 Å². The maximum absolute atomic E-state index is 12.7. The number of carbonyl (C=O) groups is 2. The van der Waals surface area contributed by atoms with Gasteiger partial charge in [-0.1, -0.05) is 34.1 Å². The predicted octanol–water partition coefficient (Wildman–Crippen LogP) is 5.58. The topological polar surface area (TPSA) is 52.6 Å². The lowest BCUT2D eigenvalue weighted by Crippen LogP contribution is -2.11. The molecule has 1 aliphatic rings. The van der Waals surface area contributed by atoms with Crippen LogP contribution in [0.2, 0.25) is 0 Å². The summed E-state index contributed by atoms with van der Waals surface area (Å²) in [6.07, 6.45) is 1.92. The van der Waals surface area contributed by atoms with Crippen LogP contribution in [0.1, 0.15) is 26.4 Å². The van der Waals surface area contributed by atoms with Gasteiger partial charge in [-0.2, -0.15) is 0 Å². The minimum atomic E-state index is -0.347. The summed E-state index contributed by atoms with van der Waals surface area (Å²) in [6, 6.07) is 14.6. The predicted molar refractivity (Wildman–Crippen MR) is 112 cm³/mol. The average Bonchev–Trinajstić information content (AvgIpc) is 3.28. The minimum Gasteiger partial charge on any atom is -0.452 e. The maximum atomic E-state index is 12.7. The van der Waals surface area contributed by atoms with Gasteiger partial charge in [0.25, 0.3) is 0 Å². The summed E-state index contributed by atoms with van der Waals surface area (Å²) in [7, 11) is 0. The molecule has 0 amide bonds. The Bertz CT molecular complexity index is 1080. The molecule has 0 spiro atoms. The number of ketones is 1. The lowest BCUT2D eigenvalue weighted by molar-refractivity contribution is -0.133. The fourth-order valence-electron chi connectivity index (χ4n) is 2.90. The summed E-state index contributed by atoms with van der Waals surface area (Å²) >= 11 is 4.90. The molecule has 6 heteroatoms. The zero-order chi connectivity index (χ0) is 19.7. The van der Waals surface area contributed by atoms with Crippen LogP contribution in [0.5, 0.6) is 11.5 Å². The van der Waals surface area contributed by atoms with Crippen molar-refractivity contribution in [3.05, 3.63) is 85.7 Å². The lowest BCUT2D eigenvalue weighted by Gasteiger charge is -2.09. The second-order valence-corrected chi connectivity index (χ2v) is 8.23. The summed E-state index contributed by atoms with van der Waals surface area (Å²) < 4.78 is 12.3. The van der Waals surface area contributed by atoms with E-state index in [4.69, 9.17) is 9.47 Å². The van der Waals surface area contributed by atoms with Crippen LogP contribution >= 0.6 is 27.3 Å². The van der Waals surface area contributed by atoms with Gasteiger partial charge in [-0.3, -0.25) is 9.59 Å². The quantitative estimate of drug-likeness (QED) is 0.293. The molecule has 0 saturated heterocycles. The molecule has 0 aliphatic carbocycles. The third kappa shape index (κ3) is 3.79. The van der Waals surface area contributed by atoms with Crippen molar-refractivity contribution in [2.45, 2.75) is 13.3 Å². The number of ether oxygens (including phenoxy) is 2. The number of hydrogen-bond acceptors (Lipinski definition) is 5. The van der Waals surface area contributed by atoms with Gasteiger partial charge in [0.2, 0.25) is 5.78 Å². The molecule has 0 N–H and O–H groups in total. The Balaban J connectivity index is 1.56. The van der Waals surface area contributed by atoms with Crippen LogP contribution in [0.15, 0.2) is 64.1 Å². The second kappa shape index (κ2) is 7.73. The normalized spacial score (nSPS) is 14.1. The first-order valence-electron chi connectivity index (χ1n) is 8.58. The monoisotopic (exact) mass is 454 g/mol. The number of hydrogen-bond donors (Lipinski definition) is 0. The van der Waals surface area contributed by atoms with Gasteiger partial charge < -0.3 is 9.47 Å². The van der Waals surface area contributed by atoms with E-state index < -0.39 is 0 Å². The van der Waals surface area contributed by atoms with Crippen LogP contribution in [-0.2, 0) is 11.2 Å². The van der Waals surface area contributed by atoms with Crippen LogP contribution in [0.4, 0.5) is 0 Å². The zero-order valence-electron chi connectivity index (χ0n) is 14.9. The largest absolute Gasteiger partial charge is 0.452 e. The highest BCUT2D eigenvalue weighted by atomic mass is 79.9. The molecule has 2 aromatic carbocycles. The lowest BCUT2D eigenvalue weighted by atomic mass is 10.1. The van der Waals surface area contributed by atoms with Crippen molar-refractivity contribution >= 4 is 45.1 Å². The van der Waals surface area contributed by atoms with Gasteiger partial charge in [0.1, 0.15) is 11.5 Å². The van der Waals surface area contributed by atoms with E-state index in [-0.39, 0.29) is 23.9 Å². The van der Waals surface area contributed by atoms with Gasteiger partial charge in [-0.15, -0.1) is 11.3 Å². The molecule has 0 saturated carbocycles. The summed E-state index contributed by atoms with van der Waals surface area (Å²) in [5.41, 5.74) is 1.96. The van der Waals surface area contributed by atoms with Gasteiger partial charge in [-0.25, -0.2) is 0 Å². The number of Topliss-reactive ketones (excluding diaryl/α,β-unsaturated/α-hetero) is 1. The Morgan fingerprint density at radius 2 is 1.96 bits per heavy atom. The number of esters is 1. The van der Waals surface area contributed by atoms with Crippen LogP contribution in [0, 0.1) is 6.92 Å². The number of rotatable bonds is 4. The summed E-state index contributed by atoms with van der Waals surface area (Å²) in [5, 5.41) is 1.92. The van der Waals surface area contributed by atoms with E-state index in [1.54, 1.807) is 25.1 Å². The summed E-state index contributed by atoms with van der Waals surface area (Å²) in [5.74, 6) is 0.563. The molecule has 4 nitrogen and oxygen atoms in total. The van der Waals surface area contributed by atoms with Crippen molar-refractivity contribution in [3.63, 3.8) is 0 Å². The highest BCUT2D eigenvalue weighted by molar-refractivity contribution is 9.10. The number of halogens is 1. The fraction of sp³-hybridized carbons (Fsp3) is 0.0909. The second-order valence-electron chi connectivity index (χ2n) is 6.29. The van der Waals surface area contributed by atoms with Crippen molar-refractivity contribution in [3.8, 4) is 11.5 Å². The van der Waals surface area contributed by atoms with Crippen LogP contribution in [-0.4, -0.2) is 11.8 Å². The maximum Gasteiger partial charge on any atom is 0.316 e. The molecular formula is C22H15BrO4S. The third-order valence-electron chi connectivity index (χ3n) is 4.33. The Morgan fingerprint density at radius 3 is 2.68 bits per heavy atom. The standard InChI is InChI=1S/C22H15BrO4S/c1-13-18(26-20(24)12-16-3-2-10-28-16)9-8-17-21(25)19(27-22(13)17)11-14-4-6-15(23)7-5-14/h2-11H,12H2,1H3/b19-11-. The van der Waals surface area contributed by atoms with E-state index in [0.717, 1.165) is 14.9 Å². The molecule has 0 unspecified atom stereocenters. The third-order valence-corrected chi connectivity index (χ3v) is 5.73. The smallest absolute Gasteiger partial charge is 0.316 e. The van der Waals surface area contributed by atoms with E-state index in [1.165, 1.54) is 11.3 Å². The van der Waals surface area contributed by atoms with Crippen molar-refractivity contribution in [1.82, 2.24) is 0 Å². The number of thiophene rings is 1. The Morgan fingerprint density at radius 1 is 1.18 bits per heavy atom. The van der Waals surface area contributed by atoms with E-state index >= 15 is 0 Å². The molecule has 0 radical (unpaired) electrons. The molecule has 140 valence electrons. The fourth-order valence-corrected chi connectivity index (χ4v) is 3.86. The van der Waals surface area contributed by atoms with Gasteiger partial charge >= 0.3 is 5.97 Å². The zero-order valence-corrected chi connectivity index (χ0v) is 17.3. The molecule has 0 fully saturated rings. The SMILES string of the molecule is Cc1c(OC(=O)Cc2cccs2)ccc2c1O/C(=C\c1ccc(Br)cc1)C2=O. The molecular weight excluding hydrogens is 440 g/mol. The molecule has 28 heavy (non-hydrogen) atoms. The Kier molecular flexibility index (Phi) is 5.15. The summed E-state index contributed by atoms with van der Waals surface area (Å²) in [4.78, 5) is 25.8. The van der Waals surface area contributed by atoms with Gasteiger partial charge in [0.05, 0.1) is 12.0 Å². The molecule has 0 atom stereocenters. The Labute approximate surface area is 174 Å². The van der Waals surface area contributed by atoms with E-state index in [0.29, 0.717) is 22.6 Å². The Hall–Kier alpha value is -2.70. The summed E-state index contributed by atoms with van der Waals surface area (Å²) in [6.45, 7) is 1.78. The van der Waals surface area contributed by atoms with Crippen molar-refractivity contribution in [2.75, 3.05) is 0 Å². The van der Waals surface area contributed by atoms with E-state index in [1.807, 2.05) is 41.8 Å². The van der Waals surface area contributed by atoms with E-state index in [2.05, 4.69) is 15.9 Å². The van der Waals surface area contributed by atoms with Crippen molar-refractivity contribution in [2.24, 2.45) is 0 Å². The molecule has 4 rings (SSSR count). The van der Waals surface area contributed by atoms with Crippen LogP contribution in [0.3, 0.4) is 0 Å². The highest BCUT2D eigenvalue weighted by Crippen LogP contribution is 2.39. The van der Waals surface area contributed by atoms with Crippen molar-refractivity contribution < 1.29 is 19.1 Å². The first-order valence-corrected chi connectivity index (χ1v) is 10.2. The number of benzene rings is 2. The van der Waals surface area contributed by atoms with Gasteiger partial charge in [0, 0.05) is 14.9 Å². The van der Waals surface area contributed by atoms with E-state index in [9.17, 15) is 9.59 Å². The first kappa shape index (κ1) is 18.7. The van der Waals surface area contributed by atoms with Crippen molar-refractivity contribution in [1.29, 1.82) is 0 Å². The molecule has 0 bridgehead atoms. The molecule has 1 aliphatic heterocycles. The van der Waals surface area contributed by atoms with Gasteiger partial charge in [0.15, 0.2) is 5.76 Å². The minimum absolute atomic E-state index is 0.183. The number of allylic oxidation sites excluding steroid dienone is 1.